The van der Waals surface area contributed by atoms with Crippen LogP contribution in [0.5, 0.6) is 0 Å². The van der Waals surface area contributed by atoms with E-state index in [1.807, 2.05) is 35.2 Å². The summed E-state index contributed by atoms with van der Waals surface area (Å²) >= 11 is 1.66. The molecule has 0 bridgehead atoms. The second kappa shape index (κ2) is 12.4. The fraction of sp³-hybridized carbons (Fsp3) is 0.615. The van der Waals surface area contributed by atoms with E-state index in [1.165, 1.54) is 24.5 Å². The number of thioether (sulfide) groups is 1. The van der Waals surface area contributed by atoms with Crippen molar-refractivity contribution in [1.29, 1.82) is 0 Å². The first-order valence-corrected chi connectivity index (χ1v) is 13.3. The molecule has 1 atom stereocenters. The molecule has 1 aliphatic carbocycles. The number of nitrogens with zero attached hydrogens (tertiary/aromatic N) is 2. The normalized spacial score (nSPS) is 18.2. The smallest absolute Gasteiger partial charge is 0.226 e. The number of likely N-dealkylation sites (tertiary alicyclic amines) is 1. The highest BCUT2D eigenvalue weighted by Gasteiger charge is 2.33. The van der Waals surface area contributed by atoms with E-state index in [0.29, 0.717) is 24.8 Å². The van der Waals surface area contributed by atoms with Crippen LogP contribution in [0.3, 0.4) is 0 Å². The SMILES string of the molecule is CSCCC(=O)N(C)C(Cc1ccccc1F)C1CCN(C(=O)CC2=CCCCC2)CC1. The third-order valence-corrected chi connectivity index (χ3v) is 7.61. The number of amides is 2. The summed E-state index contributed by atoms with van der Waals surface area (Å²) in [4.78, 5) is 29.4. The summed E-state index contributed by atoms with van der Waals surface area (Å²) in [5, 5.41) is 0. The molecule has 6 heteroatoms. The van der Waals surface area contributed by atoms with Crippen LogP contribution in [0.1, 0.15) is 56.9 Å². The van der Waals surface area contributed by atoms with E-state index in [2.05, 4.69) is 6.08 Å². The molecular weight excluding hydrogens is 423 g/mol. The first-order chi connectivity index (χ1) is 15.5. The molecule has 0 radical (unpaired) electrons. The first kappa shape index (κ1) is 24.8. The Balaban J connectivity index is 1.64. The summed E-state index contributed by atoms with van der Waals surface area (Å²) in [6.07, 6.45) is 12.1. The van der Waals surface area contributed by atoms with Gasteiger partial charge in [-0.1, -0.05) is 29.8 Å². The maximum atomic E-state index is 14.4. The van der Waals surface area contributed by atoms with Crippen molar-refractivity contribution in [2.24, 2.45) is 5.92 Å². The van der Waals surface area contributed by atoms with Gasteiger partial charge >= 0.3 is 0 Å². The Morgan fingerprint density at radius 2 is 1.97 bits per heavy atom. The van der Waals surface area contributed by atoms with Crippen molar-refractivity contribution in [1.82, 2.24) is 9.80 Å². The highest BCUT2D eigenvalue weighted by atomic mass is 32.2. The van der Waals surface area contributed by atoms with E-state index in [9.17, 15) is 14.0 Å². The fourth-order valence-electron chi connectivity index (χ4n) is 4.96. The van der Waals surface area contributed by atoms with Crippen LogP contribution in [0.15, 0.2) is 35.9 Å². The number of carbonyl (C=O) groups excluding carboxylic acids is 2. The van der Waals surface area contributed by atoms with E-state index >= 15 is 0 Å². The molecule has 3 rings (SSSR count). The lowest BCUT2D eigenvalue weighted by molar-refractivity contribution is -0.135. The second-order valence-electron chi connectivity index (χ2n) is 9.11. The number of rotatable bonds is 9. The monoisotopic (exact) mass is 460 g/mol. The molecule has 32 heavy (non-hydrogen) atoms. The van der Waals surface area contributed by atoms with Crippen LogP contribution in [-0.2, 0) is 16.0 Å². The quantitative estimate of drug-likeness (QED) is 0.483. The average Bonchev–Trinajstić information content (AvgIpc) is 2.82. The fourth-order valence-corrected chi connectivity index (χ4v) is 5.34. The number of allylic oxidation sites excluding steroid dienone is 1. The predicted molar refractivity (Wildman–Crippen MR) is 130 cm³/mol. The van der Waals surface area contributed by atoms with E-state index < -0.39 is 0 Å². The van der Waals surface area contributed by atoms with Gasteiger partial charge in [0.25, 0.3) is 0 Å². The summed E-state index contributed by atoms with van der Waals surface area (Å²) in [7, 11) is 1.86. The number of hydrogen-bond donors (Lipinski definition) is 0. The third kappa shape index (κ3) is 6.84. The molecule has 0 N–H and O–H groups in total. The van der Waals surface area contributed by atoms with Gasteiger partial charge in [-0.2, -0.15) is 11.8 Å². The van der Waals surface area contributed by atoms with Crippen LogP contribution in [0, 0.1) is 11.7 Å². The topological polar surface area (TPSA) is 40.6 Å². The summed E-state index contributed by atoms with van der Waals surface area (Å²) in [6.45, 7) is 1.44. The molecule has 2 aliphatic rings. The van der Waals surface area contributed by atoms with Crippen molar-refractivity contribution in [2.45, 2.75) is 63.8 Å². The van der Waals surface area contributed by atoms with Gasteiger partial charge in [0, 0.05) is 44.8 Å². The lowest BCUT2D eigenvalue weighted by atomic mass is 9.84. The summed E-state index contributed by atoms with van der Waals surface area (Å²) in [5.41, 5.74) is 1.95. The number of likely N-dealkylation sites (N-methyl/N-ethyl adjacent to an activating group) is 1. The number of piperidine rings is 1. The molecule has 1 unspecified atom stereocenters. The van der Waals surface area contributed by atoms with Gasteiger partial charge in [-0.3, -0.25) is 9.59 Å². The van der Waals surface area contributed by atoms with Gasteiger partial charge in [-0.15, -0.1) is 0 Å². The Kier molecular flexibility index (Phi) is 9.64. The van der Waals surface area contributed by atoms with Crippen LogP contribution in [0.25, 0.3) is 0 Å². The molecule has 0 aromatic heterocycles. The van der Waals surface area contributed by atoms with Crippen LogP contribution in [0.4, 0.5) is 4.39 Å². The molecule has 1 heterocycles. The Labute approximate surface area is 196 Å². The Morgan fingerprint density at radius 3 is 2.62 bits per heavy atom. The molecule has 1 aliphatic heterocycles. The summed E-state index contributed by atoms with van der Waals surface area (Å²) in [5.74, 6) is 1.18. The van der Waals surface area contributed by atoms with Crippen LogP contribution >= 0.6 is 11.8 Å². The largest absolute Gasteiger partial charge is 0.342 e. The van der Waals surface area contributed by atoms with Crippen molar-refractivity contribution in [3.8, 4) is 0 Å². The minimum atomic E-state index is -0.212. The van der Waals surface area contributed by atoms with Gasteiger partial charge < -0.3 is 9.80 Å². The molecular formula is C26H37FN2O2S. The highest BCUT2D eigenvalue weighted by molar-refractivity contribution is 7.98. The predicted octanol–water partition coefficient (Wildman–Crippen LogP) is 5.08. The first-order valence-electron chi connectivity index (χ1n) is 11.9. The lowest BCUT2D eigenvalue weighted by Gasteiger charge is -2.40. The number of benzene rings is 1. The van der Waals surface area contributed by atoms with Gasteiger partial charge in [0.05, 0.1) is 0 Å². The Morgan fingerprint density at radius 1 is 1.22 bits per heavy atom. The molecule has 1 fully saturated rings. The van der Waals surface area contributed by atoms with Crippen molar-refractivity contribution in [3.63, 3.8) is 0 Å². The highest BCUT2D eigenvalue weighted by Crippen LogP contribution is 2.29. The molecule has 176 valence electrons. The van der Waals surface area contributed by atoms with E-state index in [1.54, 1.807) is 17.8 Å². The number of carbonyl (C=O) groups is 2. The van der Waals surface area contributed by atoms with E-state index in [-0.39, 0.29) is 29.6 Å². The summed E-state index contributed by atoms with van der Waals surface area (Å²) < 4.78 is 14.4. The average molecular weight is 461 g/mol. The Hall–Kier alpha value is -1.82. The van der Waals surface area contributed by atoms with Crippen LogP contribution < -0.4 is 0 Å². The molecule has 1 aromatic rings. The van der Waals surface area contributed by atoms with Crippen LogP contribution in [-0.4, -0.2) is 59.8 Å². The van der Waals surface area contributed by atoms with Crippen molar-refractivity contribution in [3.05, 3.63) is 47.3 Å². The van der Waals surface area contributed by atoms with Crippen molar-refractivity contribution >= 4 is 23.6 Å². The zero-order valence-corrected chi connectivity index (χ0v) is 20.3. The van der Waals surface area contributed by atoms with E-state index in [4.69, 9.17) is 0 Å². The lowest BCUT2D eigenvalue weighted by Crippen LogP contribution is -2.48. The van der Waals surface area contributed by atoms with Gasteiger partial charge in [0.2, 0.25) is 11.8 Å². The minimum Gasteiger partial charge on any atom is -0.342 e. The minimum absolute atomic E-state index is 0.0560. The standard InChI is InChI=1S/C26H37FN2O2S/c1-28(25(30)14-17-32-2)24(19-22-10-6-7-11-23(22)27)21-12-15-29(16-13-21)26(31)18-20-8-4-3-5-9-20/h6-8,10-11,21,24H,3-5,9,12-19H2,1-2H3. The van der Waals surface area contributed by atoms with Crippen LogP contribution in [0.2, 0.25) is 0 Å². The molecule has 1 saturated heterocycles. The maximum absolute atomic E-state index is 14.4. The molecule has 0 saturated carbocycles. The molecule has 1 aromatic carbocycles. The van der Waals surface area contributed by atoms with Gasteiger partial charge in [0.1, 0.15) is 5.82 Å². The van der Waals surface area contributed by atoms with Gasteiger partial charge in [-0.05, 0) is 68.7 Å². The molecule has 0 spiro atoms. The van der Waals surface area contributed by atoms with E-state index in [0.717, 1.165) is 44.5 Å². The van der Waals surface area contributed by atoms with Gasteiger partial charge in [-0.25, -0.2) is 4.39 Å². The number of hydrogen-bond acceptors (Lipinski definition) is 3. The second-order valence-corrected chi connectivity index (χ2v) is 10.1. The molecule has 4 nitrogen and oxygen atoms in total. The van der Waals surface area contributed by atoms with Crippen molar-refractivity contribution in [2.75, 3.05) is 32.1 Å². The zero-order valence-electron chi connectivity index (χ0n) is 19.5. The zero-order chi connectivity index (χ0) is 22.9. The molecule has 2 amide bonds. The van der Waals surface area contributed by atoms with Gasteiger partial charge in [0.15, 0.2) is 0 Å². The number of halogens is 1. The maximum Gasteiger partial charge on any atom is 0.226 e. The Bertz CT molecular complexity index is 805. The summed E-state index contributed by atoms with van der Waals surface area (Å²) in [6, 6.07) is 6.81. The van der Waals surface area contributed by atoms with Crippen molar-refractivity contribution < 1.29 is 14.0 Å². The third-order valence-electron chi connectivity index (χ3n) is 7.00.